The molecular weight excluding hydrogens is 592 g/mol. The van der Waals surface area contributed by atoms with E-state index in [0.29, 0.717) is 41.4 Å². The lowest BCUT2D eigenvalue weighted by molar-refractivity contribution is -0.165. The van der Waals surface area contributed by atoms with Crippen LogP contribution in [0.1, 0.15) is 156 Å². The van der Waals surface area contributed by atoms with Crippen LogP contribution >= 0.6 is 0 Å². The summed E-state index contributed by atoms with van der Waals surface area (Å²) in [6, 6.07) is 0. The van der Waals surface area contributed by atoms with Crippen LogP contribution in [0.25, 0.3) is 0 Å². The molecule has 2 spiro atoms. The van der Waals surface area contributed by atoms with Crippen LogP contribution in [-0.4, -0.2) is 29.6 Å². The Morgan fingerprint density at radius 1 is 0.646 bits per heavy atom. The molecule has 0 aromatic rings. The van der Waals surface area contributed by atoms with Crippen LogP contribution in [0.15, 0.2) is 23.8 Å². The maximum absolute atomic E-state index is 11.9. The molecule has 264 valence electrons. The molecule has 0 bridgehead atoms. The molecule has 6 saturated carbocycles. The van der Waals surface area contributed by atoms with Gasteiger partial charge in [-0.3, -0.25) is 9.59 Å². The Kier molecular flexibility index (Phi) is 7.47. The van der Waals surface area contributed by atoms with E-state index in [1.54, 1.807) is 6.42 Å². The van der Waals surface area contributed by atoms with Crippen LogP contribution in [0, 0.1) is 63.1 Å². The molecular formula is C44H64O4. The lowest BCUT2D eigenvalue weighted by atomic mass is 9.44. The predicted octanol–water partition coefficient (Wildman–Crippen LogP) is 10.3. The topological polar surface area (TPSA) is 52.6 Å². The van der Waals surface area contributed by atoms with Gasteiger partial charge in [-0.05, 0) is 172 Å². The third-order valence-corrected chi connectivity index (χ3v) is 18.8. The van der Waals surface area contributed by atoms with Crippen molar-refractivity contribution in [3.8, 4) is 0 Å². The predicted molar refractivity (Wildman–Crippen MR) is 189 cm³/mol. The molecule has 0 amide bonds. The first-order valence-corrected chi connectivity index (χ1v) is 20.8. The minimum Gasteiger partial charge on any atom is -0.458 e. The molecule has 10 aliphatic rings. The monoisotopic (exact) mass is 656 g/mol. The van der Waals surface area contributed by atoms with Gasteiger partial charge < -0.3 is 9.47 Å². The summed E-state index contributed by atoms with van der Waals surface area (Å²) in [6.45, 7) is 11.2. The molecule has 0 N–H and O–H groups in total. The van der Waals surface area contributed by atoms with Crippen LogP contribution in [0.5, 0.6) is 0 Å². The molecule has 7 unspecified atom stereocenters. The second-order valence-corrected chi connectivity index (χ2v) is 19.9. The number of rotatable bonds is 0. The Bertz CT molecular complexity index is 1400. The number of ether oxygens (including phenoxy) is 2. The van der Waals surface area contributed by atoms with Crippen LogP contribution in [0.2, 0.25) is 0 Å². The lowest BCUT2D eigenvalue weighted by Gasteiger charge is -2.61. The number of carbonyl (C=O) groups is 2. The standard InChI is InChI=1S/C22H28O3.C22H36O/c1-20-9-5-15(23)13-14(20)3-4-16-17(20)6-10-21(2)18(16)7-11-22(21)12-8-19(24)25-22;1-20-11-4-3-6-16(20)7-8-17-18(20)9-13-21(2)19(17)10-14-22(21)12-5-15-23-22/h3-4,13,16-18H,5-12H2,1-2H3;16-19H,3-15H2,1-2H3/t16?,17?,18?,20-,21-,22+;16?,17?,18?,19?,20-,21-,22-/m00/s1. The van der Waals surface area contributed by atoms with E-state index in [-0.39, 0.29) is 33.8 Å². The normalized spacial score (nSPS) is 54.7. The third kappa shape index (κ3) is 4.28. The number of ketones is 1. The molecule has 0 aromatic heterocycles. The first-order valence-electron chi connectivity index (χ1n) is 20.8. The van der Waals surface area contributed by atoms with Crippen molar-refractivity contribution in [3.05, 3.63) is 23.8 Å². The number of fused-ring (bicyclic) bond motifs is 12. The Labute approximate surface area is 291 Å². The first kappa shape index (κ1) is 32.5. The maximum atomic E-state index is 11.9. The summed E-state index contributed by atoms with van der Waals surface area (Å²) in [4.78, 5) is 23.8. The van der Waals surface area contributed by atoms with E-state index in [1.807, 2.05) is 6.08 Å². The number of hydrogen-bond donors (Lipinski definition) is 0. The van der Waals surface area contributed by atoms with Crippen molar-refractivity contribution in [2.24, 2.45) is 63.1 Å². The van der Waals surface area contributed by atoms with E-state index >= 15 is 0 Å². The third-order valence-electron chi connectivity index (χ3n) is 18.8. The minimum absolute atomic E-state index is 0.00570. The van der Waals surface area contributed by atoms with Crippen LogP contribution < -0.4 is 0 Å². The second-order valence-electron chi connectivity index (χ2n) is 19.9. The Hall–Kier alpha value is -1.42. The Morgan fingerprint density at radius 3 is 2.17 bits per heavy atom. The summed E-state index contributed by atoms with van der Waals surface area (Å²) in [6.07, 6.45) is 31.9. The Balaban J connectivity index is 0.000000131. The summed E-state index contributed by atoms with van der Waals surface area (Å²) in [5, 5.41) is 0. The van der Waals surface area contributed by atoms with Crippen LogP contribution in [-0.2, 0) is 19.1 Å². The van der Waals surface area contributed by atoms with Gasteiger partial charge in [0.15, 0.2) is 5.78 Å². The maximum Gasteiger partial charge on any atom is 0.306 e. The minimum atomic E-state index is -0.201. The van der Waals surface area contributed by atoms with E-state index in [4.69, 9.17) is 9.47 Å². The van der Waals surface area contributed by atoms with Gasteiger partial charge in [0.25, 0.3) is 0 Å². The quantitative estimate of drug-likeness (QED) is 0.244. The fourth-order valence-electron chi connectivity index (χ4n) is 16.0. The average Bonchev–Trinajstić information content (AvgIpc) is 3.84. The SMILES string of the molecule is C[C@]12CCC(=O)C=C1C=CC1C2CC[C@@]2(C)C1CC[C@@]21CCC(=O)O1.C[C@]12CCCCC1CCC1C2CC[C@@]2(C)C1CC[C@@]21CCCO1. The number of carbonyl (C=O) groups excluding carboxylic acids is 2. The number of esters is 1. The summed E-state index contributed by atoms with van der Waals surface area (Å²) >= 11 is 0. The van der Waals surface area contributed by atoms with Crippen molar-refractivity contribution in [1.29, 1.82) is 0 Å². The van der Waals surface area contributed by atoms with Gasteiger partial charge in [-0.25, -0.2) is 0 Å². The molecule has 4 heteroatoms. The van der Waals surface area contributed by atoms with Gasteiger partial charge in [-0.15, -0.1) is 0 Å². The molecule has 2 saturated heterocycles. The molecule has 4 nitrogen and oxygen atoms in total. The van der Waals surface area contributed by atoms with Crippen molar-refractivity contribution >= 4 is 11.8 Å². The van der Waals surface area contributed by atoms with Gasteiger partial charge in [-0.2, -0.15) is 0 Å². The fourth-order valence-corrected chi connectivity index (χ4v) is 16.0. The highest BCUT2D eigenvalue weighted by Crippen LogP contribution is 2.71. The number of hydrogen-bond acceptors (Lipinski definition) is 4. The van der Waals surface area contributed by atoms with Gasteiger partial charge in [0.2, 0.25) is 0 Å². The Morgan fingerprint density at radius 2 is 1.40 bits per heavy atom. The molecule has 13 atom stereocenters. The number of allylic oxidation sites excluding steroid dienone is 4. The zero-order valence-corrected chi connectivity index (χ0v) is 30.8. The smallest absolute Gasteiger partial charge is 0.306 e. The van der Waals surface area contributed by atoms with Crippen molar-refractivity contribution in [1.82, 2.24) is 0 Å². The zero-order valence-electron chi connectivity index (χ0n) is 30.8. The molecule has 8 fully saturated rings. The molecule has 0 aromatic carbocycles. The van der Waals surface area contributed by atoms with E-state index < -0.39 is 0 Å². The van der Waals surface area contributed by atoms with Crippen molar-refractivity contribution in [2.45, 2.75) is 167 Å². The van der Waals surface area contributed by atoms with Gasteiger partial charge in [-0.1, -0.05) is 52.7 Å². The van der Waals surface area contributed by atoms with Gasteiger partial charge in [0.1, 0.15) is 5.60 Å². The van der Waals surface area contributed by atoms with Crippen molar-refractivity contribution in [3.63, 3.8) is 0 Å². The van der Waals surface area contributed by atoms with E-state index in [9.17, 15) is 9.59 Å². The van der Waals surface area contributed by atoms with Gasteiger partial charge in [0, 0.05) is 24.9 Å². The summed E-state index contributed by atoms with van der Waals surface area (Å²) in [7, 11) is 0. The fraction of sp³-hybridized carbons (Fsp3) is 0.864. The molecule has 0 radical (unpaired) electrons. The largest absolute Gasteiger partial charge is 0.458 e. The highest BCUT2D eigenvalue weighted by molar-refractivity contribution is 5.92. The van der Waals surface area contributed by atoms with Crippen LogP contribution in [0.4, 0.5) is 0 Å². The van der Waals surface area contributed by atoms with Gasteiger partial charge >= 0.3 is 5.97 Å². The molecule has 48 heavy (non-hydrogen) atoms. The summed E-state index contributed by atoms with van der Waals surface area (Å²) < 4.78 is 12.5. The van der Waals surface area contributed by atoms with Crippen molar-refractivity contribution < 1.29 is 19.1 Å². The molecule has 8 aliphatic carbocycles. The second kappa shape index (κ2) is 11.0. The highest BCUT2D eigenvalue weighted by atomic mass is 16.6. The van der Waals surface area contributed by atoms with Crippen LogP contribution in [0.3, 0.4) is 0 Å². The van der Waals surface area contributed by atoms with Gasteiger partial charge in [0.05, 0.1) is 5.60 Å². The lowest BCUT2D eigenvalue weighted by Crippen LogP contribution is -2.56. The zero-order chi connectivity index (χ0) is 33.2. The summed E-state index contributed by atoms with van der Waals surface area (Å²) in [5.74, 6) is 6.17. The van der Waals surface area contributed by atoms with Crippen molar-refractivity contribution in [2.75, 3.05) is 6.61 Å². The first-order chi connectivity index (χ1) is 23.0. The highest BCUT2D eigenvalue weighted by Gasteiger charge is 2.67. The van der Waals surface area contributed by atoms with E-state index in [1.165, 1.54) is 89.0 Å². The van der Waals surface area contributed by atoms with E-state index in [2.05, 4.69) is 39.8 Å². The average molecular weight is 657 g/mol. The molecule has 2 aliphatic heterocycles. The molecule has 2 heterocycles. The molecule has 10 rings (SSSR count). The van der Waals surface area contributed by atoms with E-state index in [0.717, 1.165) is 56.0 Å². The summed E-state index contributed by atoms with van der Waals surface area (Å²) in [5.41, 5.74) is 2.80.